The molecule has 22 heterocycles. The molecule has 18 N–H and O–H groups in total. The average Bonchev–Trinajstić information content (AvgIpc) is 3.38. The van der Waals surface area contributed by atoms with E-state index in [1.165, 1.54) is 0 Å². The van der Waals surface area contributed by atoms with Gasteiger partial charge in [-0.15, -0.1) is 0 Å². The van der Waals surface area contributed by atoms with Crippen LogP contribution in [0.25, 0.3) is 0 Å². The van der Waals surface area contributed by atoms with Crippen LogP contribution in [0, 0.1) is 0 Å². The highest BCUT2D eigenvalue weighted by Crippen LogP contribution is 2.39. The third-order valence-corrected chi connectivity index (χ3v) is 14.1. The molecule has 0 aromatic rings. The van der Waals surface area contributed by atoms with Crippen LogP contribution in [0.15, 0.2) is 0 Å². The molecule has 430 valence electrons. The lowest BCUT2D eigenvalue weighted by Crippen LogP contribution is -2.69. The summed E-state index contributed by atoms with van der Waals surface area (Å²) in [5.74, 6) is -1.52. The van der Waals surface area contributed by atoms with Gasteiger partial charge in [-0.05, 0) is 6.42 Å². The molecule has 22 saturated heterocycles. The maximum atomic E-state index is 12.5. The Hall–Kier alpha value is -1.73. The van der Waals surface area contributed by atoms with Crippen LogP contribution in [0.2, 0.25) is 0 Å². The zero-order valence-corrected chi connectivity index (χ0v) is 39.5. The van der Waals surface area contributed by atoms with E-state index in [0.29, 0.717) is 6.42 Å². The molecular formula is C42H70O32. The molecule has 74 heavy (non-hydrogen) atoms. The summed E-state index contributed by atoms with van der Waals surface area (Å²) >= 11 is 0. The molecule has 32 heteroatoms. The maximum absolute atomic E-state index is 12.5. The van der Waals surface area contributed by atoms with Gasteiger partial charge in [-0.1, -0.05) is 19.8 Å². The number of carbonyl (C=O) groups is 1. The van der Waals surface area contributed by atoms with Gasteiger partial charge in [-0.25, -0.2) is 4.79 Å². The molecule has 32 nitrogen and oxygen atoms in total. The zero-order chi connectivity index (χ0) is 54.0. The molecule has 0 aromatic heterocycles. The minimum atomic E-state index is -2.22. The second-order valence-electron chi connectivity index (χ2n) is 18.9. The van der Waals surface area contributed by atoms with Gasteiger partial charge < -0.3 is 153 Å². The Labute approximate surface area is 420 Å². The number of ether oxygens (including phenoxy) is 13. The van der Waals surface area contributed by atoms with E-state index in [1.807, 2.05) is 0 Å². The molecule has 22 aliphatic rings. The molecule has 0 aromatic carbocycles. The first-order chi connectivity index (χ1) is 35.3. The molecule has 22 rings (SSSR count). The number of aliphatic hydroxyl groups excluding tert-OH is 17. The Kier molecular flexibility index (Phi) is 21.1. The van der Waals surface area contributed by atoms with Crippen molar-refractivity contribution >= 4 is 5.97 Å². The van der Waals surface area contributed by atoms with Gasteiger partial charge in [0.15, 0.2) is 43.8 Å². The number of hydrogen-bond acceptors (Lipinski definition) is 31. The van der Waals surface area contributed by atoms with E-state index in [-0.39, 0.29) is 12.8 Å². The summed E-state index contributed by atoms with van der Waals surface area (Å²) in [5, 5.41) is 198. The summed E-state index contributed by atoms with van der Waals surface area (Å²) in [6, 6.07) is 0. The van der Waals surface area contributed by atoms with Crippen molar-refractivity contribution in [2.75, 3.05) is 39.6 Å². The SMILES string of the molecule is CCCCC(O[C@@H]1[C@@H](O)[C@H]2O[C@H]3[C@H](O)[C@@H](O)[C@@H](O[C@H]4[C@H](O)[C@@H](O)[C@@H](O[C@H]5[C@H](O)[C@@H](O)[C@@H](O[C@H]6[C@H](O)[C@@H](O)[C@@H](O[C@H]7[C@H](O)[C@@H](O)[C@@H](O[C@H]1[C@@H](CO)O2)O[C@@H]7CO)O[C@@H]6CO)O[C@@H]5CO)O[C@@H]4CO)O[C@@H]3CO)C(=O)O. The zero-order valence-electron chi connectivity index (χ0n) is 39.5. The summed E-state index contributed by atoms with van der Waals surface area (Å²) in [5.41, 5.74) is 0. The molecular weight excluding hydrogens is 1020 g/mol. The van der Waals surface area contributed by atoms with Gasteiger partial charge in [0.25, 0.3) is 0 Å². The molecule has 0 amide bonds. The van der Waals surface area contributed by atoms with E-state index < -0.39 is 236 Å². The number of aliphatic carboxylic acids is 1. The topological polar surface area (TPSA) is 501 Å². The van der Waals surface area contributed by atoms with Gasteiger partial charge in [0, 0.05) is 0 Å². The summed E-state index contributed by atoms with van der Waals surface area (Å²) in [6.45, 7) is -4.47. The van der Waals surface area contributed by atoms with Crippen LogP contribution in [-0.4, -0.2) is 328 Å². The molecule has 1 unspecified atom stereocenters. The Bertz CT molecular complexity index is 1730. The second kappa shape index (κ2) is 26.0. The highest BCUT2D eigenvalue weighted by Gasteiger charge is 2.59. The molecule has 0 saturated carbocycles. The van der Waals surface area contributed by atoms with Crippen LogP contribution < -0.4 is 0 Å². The number of aliphatic hydroxyl groups is 17. The highest BCUT2D eigenvalue weighted by atomic mass is 16.8. The minimum Gasteiger partial charge on any atom is -0.479 e. The maximum Gasteiger partial charge on any atom is 0.332 e. The lowest BCUT2D eigenvalue weighted by molar-refractivity contribution is -0.405. The van der Waals surface area contributed by atoms with E-state index in [2.05, 4.69) is 0 Å². The summed E-state index contributed by atoms with van der Waals surface area (Å²) in [6.07, 6.45) is -60.8. The third-order valence-electron chi connectivity index (χ3n) is 14.1. The first-order valence-electron chi connectivity index (χ1n) is 24.1. The number of unbranched alkanes of at least 4 members (excludes halogenated alkanes) is 1. The highest BCUT2D eigenvalue weighted by molar-refractivity contribution is 5.72. The van der Waals surface area contributed by atoms with Crippen LogP contribution in [0.4, 0.5) is 0 Å². The van der Waals surface area contributed by atoms with E-state index in [0.717, 1.165) is 0 Å². The van der Waals surface area contributed by atoms with E-state index in [4.69, 9.17) is 61.6 Å². The van der Waals surface area contributed by atoms with Crippen LogP contribution in [0.1, 0.15) is 26.2 Å². The van der Waals surface area contributed by atoms with Crippen molar-refractivity contribution in [1.29, 1.82) is 0 Å². The second-order valence-corrected chi connectivity index (χ2v) is 18.9. The van der Waals surface area contributed by atoms with Gasteiger partial charge in [0.1, 0.15) is 146 Å². The normalized spacial score (nSPS) is 51.1. The van der Waals surface area contributed by atoms with Crippen molar-refractivity contribution in [3.8, 4) is 0 Å². The van der Waals surface area contributed by atoms with Crippen molar-refractivity contribution in [2.24, 2.45) is 0 Å². The monoisotopic (exact) mass is 1090 g/mol. The smallest absolute Gasteiger partial charge is 0.332 e. The van der Waals surface area contributed by atoms with Gasteiger partial charge in [0.2, 0.25) is 0 Å². The molecule has 22 aliphatic heterocycles. The standard InChI is InChI=1S/C42H70O32/c1-2-3-4-11(36(60)61)62-35-28(59)42-68-17(10-48)34(35)74-41-27(58)22(53)32(15(8-46)67-41)72-39-25(56)20(51)30(13(6-44)65-39)70-37-23(54)18(49)29(12(5-43)63-37)69-38-24(55)19(50)31(14(7-45)64-38)71-40-26(57)21(52)33(73-42)16(9-47)66-40/h11-35,37-59H,2-10H2,1H3,(H,60,61)/t11?,12-,13-,14-,15-,16-,17-,18-,19-,20-,21-,22-,23-,24-,25-,26-,27-,28-,29-,30-,31-,32-,33-,34+,35-,37-,38-,39-,40-,41-,42-/m1/s1. The molecule has 0 aliphatic carbocycles. The summed E-state index contributed by atoms with van der Waals surface area (Å²) < 4.78 is 75.1. The van der Waals surface area contributed by atoms with Gasteiger partial charge in [-0.2, -0.15) is 0 Å². The molecule has 12 bridgehead atoms. The molecule has 31 atom stereocenters. The Morgan fingerprint density at radius 2 is 0.595 bits per heavy atom. The van der Waals surface area contributed by atoms with Crippen molar-refractivity contribution < 1.29 is 158 Å². The summed E-state index contributed by atoms with van der Waals surface area (Å²) in [7, 11) is 0. The minimum absolute atomic E-state index is 0.152. The van der Waals surface area contributed by atoms with Crippen molar-refractivity contribution in [1.82, 2.24) is 0 Å². The number of hydrogen-bond donors (Lipinski definition) is 18. The van der Waals surface area contributed by atoms with Crippen LogP contribution in [-0.2, 0) is 66.4 Å². The van der Waals surface area contributed by atoms with Crippen molar-refractivity contribution in [3.05, 3.63) is 0 Å². The fourth-order valence-corrected chi connectivity index (χ4v) is 9.90. The van der Waals surface area contributed by atoms with Gasteiger partial charge in [0.05, 0.1) is 39.6 Å². The van der Waals surface area contributed by atoms with Crippen molar-refractivity contribution in [3.63, 3.8) is 0 Å². The van der Waals surface area contributed by atoms with Crippen LogP contribution >= 0.6 is 0 Å². The largest absolute Gasteiger partial charge is 0.479 e. The predicted octanol–water partition coefficient (Wildman–Crippen LogP) is -11.4. The van der Waals surface area contributed by atoms with Gasteiger partial charge in [-0.3, -0.25) is 0 Å². The lowest BCUT2D eigenvalue weighted by atomic mass is 9.94. The quantitative estimate of drug-likeness (QED) is 0.0863. The molecule has 22 fully saturated rings. The van der Waals surface area contributed by atoms with E-state index in [9.17, 15) is 96.7 Å². The molecule has 0 radical (unpaired) electrons. The lowest BCUT2D eigenvalue weighted by Gasteiger charge is -2.51. The van der Waals surface area contributed by atoms with Crippen molar-refractivity contribution in [2.45, 2.75) is 217 Å². The van der Waals surface area contributed by atoms with E-state index in [1.54, 1.807) is 6.92 Å². The fraction of sp³-hybridized carbons (Fsp3) is 0.976. The first kappa shape index (κ1) is 59.9. The average molecular weight is 1090 g/mol. The predicted molar refractivity (Wildman–Crippen MR) is 226 cm³/mol. The Morgan fingerprint density at radius 1 is 0.365 bits per heavy atom. The van der Waals surface area contributed by atoms with Gasteiger partial charge >= 0.3 is 5.97 Å². The fourth-order valence-electron chi connectivity index (χ4n) is 9.90. The van der Waals surface area contributed by atoms with Crippen LogP contribution in [0.3, 0.4) is 0 Å². The first-order valence-corrected chi connectivity index (χ1v) is 24.1. The number of carboxylic acid groups (broad SMARTS) is 1. The molecule has 0 spiro atoms. The number of rotatable bonds is 12. The summed E-state index contributed by atoms with van der Waals surface area (Å²) in [4.78, 5) is 12.5. The number of carboxylic acids is 1. The Balaban J connectivity index is 1.24. The van der Waals surface area contributed by atoms with Crippen LogP contribution in [0.5, 0.6) is 0 Å². The third kappa shape index (κ3) is 12.2. The Morgan fingerprint density at radius 3 is 0.824 bits per heavy atom. The van der Waals surface area contributed by atoms with E-state index >= 15 is 0 Å².